The van der Waals surface area contributed by atoms with Gasteiger partial charge in [0.15, 0.2) is 0 Å². The Bertz CT molecular complexity index is 463. The highest BCUT2D eigenvalue weighted by molar-refractivity contribution is 7.85. The van der Waals surface area contributed by atoms with Crippen molar-refractivity contribution in [3.05, 3.63) is 47.5 Å². The first-order valence-corrected chi connectivity index (χ1v) is 7.40. The molecule has 1 rings (SSSR count). The second kappa shape index (κ2) is 8.26. The van der Waals surface area contributed by atoms with Crippen molar-refractivity contribution in [3.8, 4) is 0 Å². The fraction of sp³-hybridized carbons (Fsp3) is 0.333. The van der Waals surface area contributed by atoms with E-state index in [0.717, 1.165) is 12.0 Å². The Kier molecular flexibility index (Phi) is 7.86. The first-order valence-electron chi connectivity index (χ1n) is 5.18. The second-order valence-corrected chi connectivity index (χ2v) is 5.53. The summed E-state index contributed by atoms with van der Waals surface area (Å²) in [4.78, 5) is 0. The number of aliphatic hydroxyl groups is 1. The molecule has 1 aromatic carbocycles. The number of halogens is 1. The Balaban J connectivity index is 0.000000494. The summed E-state index contributed by atoms with van der Waals surface area (Å²) in [7, 11) is -3.67. The molecule has 0 aliphatic heterocycles. The number of hydrogen-bond acceptors (Lipinski definition) is 3. The molecule has 0 heterocycles. The lowest BCUT2D eigenvalue weighted by molar-refractivity contribution is 0.266. The quantitative estimate of drug-likeness (QED) is 0.660. The van der Waals surface area contributed by atoms with Gasteiger partial charge in [0.05, 0.1) is 12.9 Å². The van der Waals surface area contributed by atoms with Gasteiger partial charge in [-0.25, -0.2) is 0 Å². The summed E-state index contributed by atoms with van der Waals surface area (Å²) < 4.78 is 25.9. The molecular formula is C12H17ClO4S. The lowest BCUT2D eigenvalue weighted by atomic mass is 9.97. The third-order valence-electron chi connectivity index (χ3n) is 2.02. The van der Waals surface area contributed by atoms with Crippen LogP contribution in [0, 0.1) is 0 Å². The Labute approximate surface area is 113 Å². The summed E-state index contributed by atoms with van der Waals surface area (Å²) in [5.74, 6) is 0.0752. The van der Waals surface area contributed by atoms with Gasteiger partial charge in [0, 0.05) is 10.9 Å². The van der Waals surface area contributed by atoms with Crippen molar-refractivity contribution in [3.63, 3.8) is 0 Å². The fourth-order valence-electron chi connectivity index (χ4n) is 1.31. The zero-order valence-corrected chi connectivity index (χ0v) is 11.7. The molecular weight excluding hydrogens is 276 g/mol. The van der Waals surface area contributed by atoms with Gasteiger partial charge in [0.25, 0.3) is 10.1 Å². The standard InChI is InChI=1S/C11H13ClO.CH4O3S/c1-2-5-9(8-13)10-6-3-4-7-11(10)12;1-5(2,3)4/h2-4,6-7,9,13H,1,5,8H2;1H3,(H,2,3,4). The first kappa shape index (κ1) is 17.1. The lowest BCUT2D eigenvalue weighted by Crippen LogP contribution is -2.03. The van der Waals surface area contributed by atoms with Crippen molar-refractivity contribution in [2.45, 2.75) is 12.3 Å². The van der Waals surface area contributed by atoms with Crippen LogP contribution in [-0.2, 0) is 10.1 Å². The number of allylic oxidation sites excluding steroid dienone is 1. The molecule has 0 saturated heterocycles. The molecule has 0 bridgehead atoms. The molecule has 102 valence electrons. The van der Waals surface area contributed by atoms with Gasteiger partial charge in [-0.05, 0) is 18.1 Å². The zero-order valence-electron chi connectivity index (χ0n) is 10.1. The Hall–Kier alpha value is -0.880. The van der Waals surface area contributed by atoms with Gasteiger partial charge in [-0.3, -0.25) is 4.55 Å². The van der Waals surface area contributed by atoms with Gasteiger partial charge in [0.2, 0.25) is 0 Å². The third kappa shape index (κ3) is 8.25. The minimum Gasteiger partial charge on any atom is -0.396 e. The molecule has 0 fully saturated rings. The maximum atomic E-state index is 9.19. The van der Waals surface area contributed by atoms with E-state index in [2.05, 4.69) is 6.58 Å². The van der Waals surface area contributed by atoms with E-state index in [4.69, 9.17) is 21.3 Å². The van der Waals surface area contributed by atoms with Crippen LogP contribution in [0.3, 0.4) is 0 Å². The maximum Gasteiger partial charge on any atom is 0.261 e. The molecule has 1 atom stereocenters. The van der Waals surface area contributed by atoms with Crippen molar-refractivity contribution in [2.75, 3.05) is 12.9 Å². The molecule has 1 aromatic rings. The van der Waals surface area contributed by atoms with Crippen LogP contribution in [-0.4, -0.2) is 30.9 Å². The minimum absolute atomic E-state index is 0.0752. The van der Waals surface area contributed by atoms with Gasteiger partial charge in [-0.15, -0.1) is 6.58 Å². The summed E-state index contributed by atoms with van der Waals surface area (Å²) in [5, 5.41) is 9.84. The molecule has 1 unspecified atom stereocenters. The van der Waals surface area contributed by atoms with E-state index < -0.39 is 10.1 Å². The maximum absolute atomic E-state index is 9.19. The van der Waals surface area contributed by atoms with Gasteiger partial charge < -0.3 is 5.11 Å². The molecule has 0 aromatic heterocycles. The summed E-state index contributed by atoms with van der Waals surface area (Å²) in [6.07, 6.45) is 3.26. The Morgan fingerprint density at radius 3 is 2.33 bits per heavy atom. The van der Waals surface area contributed by atoms with Crippen LogP contribution in [0.2, 0.25) is 5.02 Å². The molecule has 0 spiro atoms. The molecule has 18 heavy (non-hydrogen) atoms. The number of hydrogen-bond donors (Lipinski definition) is 2. The highest BCUT2D eigenvalue weighted by Crippen LogP contribution is 2.26. The SMILES string of the molecule is C=CCC(CO)c1ccccc1Cl.CS(=O)(=O)O. The van der Waals surface area contributed by atoms with Crippen molar-refractivity contribution in [1.29, 1.82) is 0 Å². The third-order valence-corrected chi connectivity index (χ3v) is 2.36. The summed E-state index contributed by atoms with van der Waals surface area (Å²) in [5.41, 5.74) is 0.992. The van der Waals surface area contributed by atoms with Crippen LogP contribution < -0.4 is 0 Å². The largest absolute Gasteiger partial charge is 0.396 e. The smallest absolute Gasteiger partial charge is 0.261 e. The number of benzene rings is 1. The predicted molar refractivity (Wildman–Crippen MR) is 73.6 cm³/mol. The van der Waals surface area contributed by atoms with Gasteiger partial charge in [-0.2, -0.15) is 8.42 Å². The molecule has 0 saturated carbocycles. The van der Waals surface area contributed by atoms with E-state index in [0.29, 0.717) is 11.3 Å². The van der Waals surface area contributed by atoms with Crippen LogP contribution in [0.15, 0.2) is 36.9 Å². The van der Waals surface area contributed by atoms with E-state index in [-0.39, 0.29) is 12.5 Å². The highest BCUT2D eigenvalue weighted by Gasteiger charge is 2.10. The normalized spacial score (nSPS) is 12.2. The van der Waals surface area contributed by atoms with Crippen LogP contribution in [0.5, 0.6) is 0 Å². The molecule has 0 amide bonds. The van der Waals surface area contributed by atoms with E-state index in [1.165, 1.54) is 0 Å². The fourth-order valence-corrected chi connectivity index (χ4v) is 1.60. The minimum atomic E-state index is -3.67. The Morgan fingerprint density at radius 2 is 1.94 bits per heavy atom. The highest BCUT2D eigenvalue weighted by atomic mass is 35.5. The van der Waals surface area contributed by atoms with Gasteiger partial charge >= 0.3 is 0 Å². The van der Waals surface area contributed by atoms with E-state index in [1.807, 2.05) is 24.3 Å². The van der Waals surface area contributed by atoms with Gasteiger partial charge in [0.1, 0.15) is 0 Å². The van der Waals surface area contributed by atoms with E-state index >= 15 is 0 Å². The Morgan fingerprint density at radius 1 is 1.44 bits per heavy atom. The number of rotatable bonds is 4. The average Bonchev–Trinajstić information content (AvgIpc) is 2.25. The second-order valence-electron chi connectivity index (χ2n) is 3.66. The monoisotopic (exact) mass is 292 g/mol. The average molecular weight is 293 g/mol. The van der Waals surface area contributed by atoms with Crippen molar-refractivity contribution in [1.82, 2.24) is 0 Å². The summed E-state index contributed by atoms with van der Waals surface area (Å²) >= 11 is 5.99. The van der Waals surface area contributed by atoms with Gasteiger partial charge in [-0.1, -0.05) is 35.9 Å². The van der Waals surface area contributed by atoms with E-state index in [1.54, 1.807) is 6.08 Å². The predicted octanol–water partition coefficient (Wildman–Crippen LogP) is 2.50. The molecule has 0 aliphatic rings. The molecule has 0 radical (unpaired) electrons. The summed E-state index contributed by atoms with van der Waals surface area (Å²) in [6, 6.07) is 7.58. The summed E-state index contributed by atoms with van der Waals surface area (Å²) in [6.45, 7) is 3.76. The van der Waals surface area contributed by atoms with E-state index in [9.17, 15) is 8.42 Å². The topological polar surface area (TPSA) is 74.6 Å². The zero-order chi connectivity index (χ0) is 14.2. The van der Waals surface area contributed by atoms with Crippen LogP contribution in [0.4, 0.5) is 0 Å². The first-order chi connectivity index (χ1) is 8.29. The molecule has 4 nitrogen and oxygen atoms in total. The van der Waals surface area contributed by atoms with Crippen LogP contribution in [0.25, 0.3) is 0 Å². The van der Waals surface area contributed by atoms with Crippen molar-refractivity contribution >= 4 is 21.7 Å². The molecule has 2 N–H and O–H groups in total. The lowest BCUT2D eigenvalue weighted by Gasteiger charge is -2.13. The molecule has 0 aliphatic carbocycles. The van der Waals surface area contributed by atoms with Crippen molar-refractivity contribution in [2.24, 2.45) is 0 Å². The van der Waals surface area contributed by atoms with Crippen LogP contribution >= 0.6 is 11.6 Å². The van der Waals surface area contributed by atoms with Crippen molar-refractivity contribution < 1.29 is 18.1 Å². The number of aliphatic hydroxyl groups excluding tert-OH is 1. The van der Waals surface area contributed by atoms with Crippen LogP contribution in [0.1, 0.15) is 17.9 Å². The molecule has 6 heteroatoms.